The maximum absolute atomic E-state index is 12.5. The number of carbonyl (C=O) groups excluding carboxylic acids is 1. The molecule has 2 rings (SSSR count). The topological polar surface area (TPSA) is 57.3 Å². The predicted molar refractivity (Wildman–Crippen MR) is 82.0 cm³/mol. The molecular weight excluding hydrogens is 252 g/mol. The van der Waals surface area contributed by atoms with Gasteiger partial charge in [-0.25, -0.2) is 0 Å². The lowest BCUT2D eigenvalue weighted by atomic mass is 9.77. The molecule has 0 bridgehead atoms. The van der Waals surface area contributed by atoms with Gasteiger partial charge in [0.1, 0.15) is 0 Å². The highest BCUT2D eigenvalue weighted by Crippen LogP contribution is 2.31. The van der Waals surface area contributed by atoms with Gasteiger partial charge >= 0.3 is 0 Å². The quantitative estimate of drug-likeness (QED) is 0.885. The molecule has 0 spiro atoms. The van der Waals surface area contributed by atoms with Crippen molar-refractivity contribution in [1.82, 2.24) is 10.3 Å². The summed E-state index contributed by atoms with van der Waals surface area (Å²) in [7, 11) is 3.90. The summed E-state index contributed by atoms with van der Waals surface area (Å²) in [6.07, 6.45) is 5.61. The fraction of sp³-hybridized carbons (Fsp3) is 0.600. The number of anilines is 2. The standard InChI is InChI=1S/C15H24N4O/c1-15(2)7-5-8-17-13(15)14(20)18-11-10-16-9-6-12(11)19(3)4/h6,9-10,13,17H,5,7-8H2,1-4H3,(H,18,20). The van der Waals surface area contributed by atoms with Crippen LogP contribution in [0.4, 0.5) is 11.4 Å². The van der Waals surface area contributed by atoms with Crippen molar-refractivity contribution in [2.45, 2.75) is 32.7 Å². The normalized spacial score (nSPS) is 21.3. The molecule has 0 aliphatic carbocycles. The van der Waals surface area contributed by atoms with E-state index >= 15 is 0 Å². The Morgan fingerprint density at radius 3 is 2.90 bits per heavy atom. The van der Waals surface area contributed by atoms with Crippen LogP contribution in [0.15, 0.2) is 18.5 Å². The van der Waals surface area contributed by atoms with Crippen LogP contribution in [0.2, 0.25) is 0 Å². The minimum atomic E-state index is -0.161. The Kier molecular flexibility index (Phi) is 4.28. The first-order chi connectivity index (χ1) is 9.42. The average molecular weight is 276 g/mol. The third kappa shape index (κ3) is 3.10. The number of hydrogen-bond donors (Lipinski definition) is 2. The van der Waals surface area contributed by atoms with Crippen LogP contribution in [0, 0.1) is 5.41 Å². The first kappa shape index (κ1) is 14.8. The van der Waals surface area contributed by atoms with Crippen LogP contribution in [-0.4, -0.2) is 37.6 Å². The van der Waals surface area contributed by atoms with Gasteiger partial charge in [0.2, 0.25) is 5.91 Å². The first-order valence-electron chi connectivity index (χ1n) is 7.07. The molecule has 1 aromatic rings. The highest BCUT2D eigenvalue weighted by Gasteiger charge is 2.37. The van der Waals surface area contributed by atoms with Crippen LogP contribution in [0.5, 0.6) is 0 Å². The van der Waals surface area contributed by atoms with Crippen LogP contribution in [0.25, 0.3) is 0 Å². The zero-order chi connectivity index (χ0) is 14.8. The van der Waals surface area contributed by atoms with Crippen LogP contribution in [0.3, 0.4) is 0 Å². The second-order valence-electron chi connectivity index (χ2n) is 6.26. The zero-order valence-corrected chi connectivity index (χ0v) is 12.7. The molecule has 2 N–H and O–H groups in total. The van der Waals surface area contributed by atoms with Crippen molar-refractivity contribution in [2.24, 2.45) is 5.41 Å². The summed E-state index contributed by atoms with van der Waals surface area (Å²) < 4.78 is 0. The lowest BCUT2D eigenvalue weighted by Crippen LogP contribution is -2.53. The van der Waals surface area contributed by atoms with Gasteiger partial charge in [-0.2, -0.15) is 0 Å². The van der Waals surface area contributed by atoms with E-state index in [0.717, 1.165) is 30.8 Å². The SMILES string of the molecule is CN(C)c1ccncc1NC(=O)C1NCCCC1(C)C. The fourth-order valence-corrected chi connectivity index (χ4v) is 2.74. The van der Waals surface area contributed by atoms with Crippen LogP contribution < -0.4 is 15.5 Å². The van der Waals surface area contributed by atoms with Crippen molar-refractivity contribution >= 4 is 17.3 Å². The van der Waals surface area contributed by atoms with E-state index in [4.69, 9.17) is 0 Å². The van der Waals surface area contributed by atoms with Crippen molar-refractivity contribution in [3.8, 4) is 0 Å². The van der Waals surface area contributed by atoms with Gasteiger partial charge in [-0.1, -0.05) is 13.8 Å². The van der Waals surface area contributed by atoms with Gasteiger partial charge < -0.3 is 15.5 Å². The molecular formula is C15H24N4O. The second kappa shape index (κ2) is 5.79. The van der Waals surface area contributed by atoms with Gasteiger partial charge in [-0.15, -0.1) is 0 Å². The minimum absolute atomic E-state index is 0.0193. The van der Waals surface area contributed by atoms with Gasteiger partial charge in [-0.05, 0) is 30.9 Å². The Labute approximate surface area is 120 Å². The molecule has 2 heterocycles. The number of pyridine rings is 1. The Balaban J connectivity index is 2.15. The Hall–Kier alpha value is -1.62. The summed E-state index contributed by atoms with van der Waals surface area (Å²) in [5.41, 5.74) is 1.69. The molecule has 5 heteroatoms. The van der Waals surface area contributed by atoms with E-state index < -0.39 is 0 Å². The third-order valence-electron chi connectivity index (χ3n) is 3.93. The van der Waals surface area contributed by atoms with E-state index in [9.17, 15) is 4.79 Å². The monoisotopic (exact) mass is 276 g/mol. The lowest BCUT2D eigenvalue weighted by Gasteiger charge is -2.38. The van der Waals surface area contributed by atoms with E-state index in [2.05, 4.69) is 29.5 Å². The van der Waals surface area contributed by atoms with Crippen LogP contribution in [-0.2, 0) is 4.79 Å². The smallest absolute Gasteiger partial charge is 0.242 e. The molecule has 1 atom stereocenters. The van der Waals surface area contributed by atoms with E-state index in [1.807, 2.05) is 25.1 Å². The number of nitrogens with one attached hydrogen (secondary N) is 2. The minimum Gasteiger partial charge on any atom is -0.376 e. The van der Waals surface area contributed by atoms with Gasteiger partial charge in [0.15, 0.2) is 0 Å². The van der Waals surface area contributed by atoms with Crippen molar-refractivity contribution in [2.75, 3.05) is 30.9 Å². The van der Waals surface area contributed by atoms with Crippen LogP contribution in [0.1, 0.15) is 26.7 Å². The molecule has 1 aliphatic rings. The number of hydrogen-bond acceptors (Lipinski definition) is 4. The highest BCUT2D eigenvalue weighted by molar-refractivity contribution is 5.98. The van der Waals surface area contributed by atoms with E-state index in [1.165, 1.54) is 0 Å². The number of rotatable bonds is 3. The number of aromatic nitrogens is 1. The molecule has 5 nitrogen and oxygen atoms in total. The molecule has 0 saturated carbocycles. The summed E-state index contributed by atoms with van der Waals surface area (Å²) in [6, 6.07) is 1.74. The summed E-state index contributed by atoms with van der Waals surface area (Å²) in [5.74, 6) is 0.0193. The average Bonchev–Trinajstić information content (AvgIpc) is 2.38. The Morgan fingerprint density at radius 2 is 2.25 bits per heavy atom. The maximum Gasteiger partial charge on any atom is 0.242 e. The van der Waals surface area contributed by atoms with E-state index in [1.54, 1.807) is 12.4 Å². The second-order valence-corrected chi connectivity index (χ2v) is 6.26. The maximum atomic E-state index is 12.5. The van der Waals surface area contributed by atoms with Gasteiger partial charge in [0.25, 0.3) is 0 Å². The zero-order valence-electron chi connectivity index (χ0n) is 12.7. The summed E-state index contributed by atoms with van der Waals surface area (Å²) in [4.78, 5) is 18.6. The predicted octanol–water partition coefficient (Wildman–Crippen LogP) is 1.86. The lowest BCUT2D eigenvalue weighted by molar-refractivity contribution is -0.121. The molecule has 1 saturated heterocycles. The van der Waals surface area contributed by atoms with E-state index in [-0.39, 0.29) is 17.4 Å². The molecule has 110 valence electrons. The molecule has 1 aliphatic heterocycles. The molecule has 20 heavy (non-hydrogen) atoms. The molecule has 0 aromatic carbocycles. The van der Waals surface area contributed by atoms with Crippen molar-refractivity contribution < 1.29 is 4.79 Å². The van der Waals surface area contributed by atoms with Gasteiger partial charge in [0.05, 0.1) is 23.6 Å². The first-order valence-corrected chi connectivity index (χ1v) is 7.07. The molecule has 1 unspecified atom stereocenters. The fourth-order valence-electron chi connectivity index (χ4n) is 2.74. The van der Waals surface area contributed by atoms with E-state index in [0.29, 0.717) is 0 Å². The molecule has 1 fully saturated rings. The highest BCUT2D eigenvalue weighted by atomic mass is 16.2. The van der Waals surface area contributed by atoms with Crippen molar-refractivity contribution in [3.63, 3.8) is 0 Å². The molecule has 0 radical (unpaired) electrons. The van der Waals surface area contributed by atoms with Crippen molar-refractivity contribution in [1.29, 1.82) is 0 Å². The number of amides is 1. The largest absolute Gasteiger partial charge is 0.376 e. The molecule has 1 amide bonds. The Bertz CT molecular complexity index is 485. The third-order valence-corrected chi connectivity index (χ3v) is 3.93. The summed E-state index contributed by atoms with van der Waals surface area (Å²) >= 11 is 0. The Morgan fingerprint density at radius 1 is 1.50 bits per heavy atom. The van der Waals surface area contributed by atoms with Crippen molar-refractivity contribution in [3.05, 3.63) is 18.5 Å². The number of piperidine rings is 1. The molecule has 1 aromatic heterocycles. The van der Waals surface area contributed by atoms with Crippen LogP contribution >= 0.6 is 0 Å². The summed E-state index contributed by atoms with van der Waals surface area (Å²) in [6.45, 7) is 5.17. The van der Waals surface area contributed by atoms with Gasteiger partial charge in [0, 0.05) is 20.3 Å². The van der Waals surface area contributed by atoms with Gasteiger partial charge in [-0.3, -0.25) is 9.78 Å². The summed E-state index contributed by atoms with van der Waals surface area (Å²) in [5, 5.41) is 6.34. The number of nitrogens with zero attached hydrogens (tertiary/aromatic N) is 2. The number of carbonyl (C=O) groups is 1.